The SMILES string of the molecule is Cc1cc(C(=O)CCC(=O)NCC(O)C(C)(C)C)c(C)s1. The molecule has 1 amide bonds. The van der Waals surface area contributed by atoms with E-state index in [4.69, 9.17) is 0 Å². The number of amides is 1. The highest BCUT2D eigenvalue weighted by Crippen LogP contribution is 2.22. The molecule has 1 aromatic heterocycles. The molecule has 0 radical (unpaired) electrons. The number of aliphatic hydroxyl groups is 1. The topological polar surface area (TPSA) is 66.4 Å². The molecule has 0 aliphatic carbocycles. The number of rotatable bonds is 6. The van der Waals surface area contributed by atoms with Crippen LogP contribution in [-0.4, -0.2) is 29.4 Å². The highest BCUT2D eigenvalue weighted by Gasteiger charge is 2.22. The van der Waals surface area contributed by atoms with E-state index in [1.807, 2.05) is 40.7 Å². The first-order chi connectivity index (χ1) is 9.61. The van der Waals surface area contributed by atoms with Gasteiger partial charge < -0.3 is 10.4 Å². The van der Waals surface area contributed by atoms with Crippen LogP contribution in [0.2, 0.25) is 0 Å². The van der Waals surface area contributed by atoms with Crippen LogP contribution in [-0.2, 0) is 4.79 Å². The van der Waals surface area contributed by atoms with Crippen molar-refractivity contribution < 1.29 is 14.7 Å². The number of carbonyl (C=O) groups excluding carboxylic acids is 2. The van der Waals surface area contributed by atoms with Crippen LogP contribution in [0.15, 0.2) is 6.07 Å². The van der Waals surface area contributed by atoms with Gasteiger partial charge in [0.2, 0.25) is 5.91 Å². The van der Waals surface area contributed by atoms with Gasteiger partial charge in [0.25, 0.3) is 0 Å². The molecule has 118 valence electrons. The molecule has 0 saturated carbocycles. The zero-order valence-corrected chi connectivity index (χ0v) is 14.3. The third-order valence-electron chi connectivity index (χ3n) is 3.41. The Morgan fingerprint density at radius 3 is 2.38 bits per heavy atom. The Morgan fingerprint density at radius 1 is 1.29 bits per heavy atom. The lowest BCUT2D eigenvalue weighted by molar-refractivity contribution is -0.121. The van der Waals surface area contributed by atoms with Crippen LogP contribution < -0.4 is 5.32 Å². The number of Topliss-reactive ketones (excluding diaryl/α,β-unsaturated/α-hetero) is 1. The monoisotopic (exact) mass is 311 g/mol. The van der Waals surface area contributed by atoms with Crippen molar-refractivity contribution in [3.8, 4) is 0 Å². The minimum absolute atomic E-state index is 0.00312. The van der Waals surface area contributed by atoms with Gasteiger partial charge in [-0.1, -0.05) is 20.8 Å². The van der Waals surface area contributed by atoms with Crippen molar-refractivity contribution in [3.05, 3.63) is 21.4 Å². The van der Waals surface area contributed by atoms with E-state index >= 15 is 0 Å². The Morgan fingerprint density at radius 2 is 1.90 bits per heavy atom. The van der Waals surface area contributed by atoms with E-state index < -0.39 is 6.10 Å². The molecule has 21 heavy (non-hydrogen) atoms. The Labute approximate surface area is 130 Å². The second-order valence-electron chi connectivity index (χ2n) is 6.44. The number of hydrogen-bond acceptors (Lipinski definition) is 4. The molecular formula is C16H25NO3S. The first-order valence-corrected chi connectivity index (χ1v) is 7.98. The quantitative estimate of drug-likeness (QED) is 0.794. The summed E-state index contributed by atoms with van der Waals surface area (Å²) in [5, 5.41) is 12.5. The number of nitrogens with one attached hydrogen (secondary N) is 1. The van der Waals surface area contributed by atoms with Gasteiger partial charge >= 0.3 is 0 Å². The molecular weight excluding hydrogens is 286 g/mol. The number of hydrogen-bond donors (Lipinski definition) is 2. The lowest BCUT2D eigenvalue weighted by atomic mass is 9.89. The van der Waals surface area contributed by atoms with Gasteiger partial charge in [-0.05, 0) is 25.3 Å². The van der Waals surface area contributed by atoms with Crippen molar-refractivity contribution >= 4 is 23.0 Å². The fourth-order valence-corrected chi connectivity index (χ4v) is 2.82. The molecule has 0 saturated heterocycles. The van der Waals surface area contributed by atoms with Gasteiger partial charge in [0.1, 0.15) is 0 Å². The van der Waals surface area contributed by atoms with Gasteiger partial charge in [0.15, 0.2) is 5.78 Å². The van der Waals surface area contributed by atoms with E-state index in [1.54, 1.807) is 11.3 Å². The fourth-order valence-electron chi connectivity index (χ4n) is 1.87. The van der Waals surface area contributed by atoms with Crippen molar-refractivity contribution in [1.29, 1.82) is 0 Å². The molecule has 4 nitrogen and oxygen atoms in total. The molecule has 0 fully saturated rings. The van der Waals surface area contributed by atoms with Gasteiger partial charge in [-0.3, -0.25) is 9.59 Å². The highest BCUT2D eigenvalue weighted by atomic mass is 32.1. The van der Waals surface area contributed by atoms with E-state index in [-0.39, 0.29) is 36.5 Å². The predicted molar refractivity (Wildman–Crippen MR) is 85.8 cm³/mol. The van der Waals surface area contributed by atoms with Crippen LogP contribution in [0, 0.1) is 19.3 Å². The largest absolute Gasteiger partial charge is 0.391 e. The second-order valence-corrected chi connectivity index (χ2v) is 7.90. The maximum Gasteiger partial charge on any atom is 0.220 e. The summed E-state index contributed by atoms with van der Waals surface area (Å²) in [4.78, 5) is 25.9. The summed E-state index contributed by atoms with van der Waals surface area (Å²) in [7, 11) is 0. The molecule has 0 bridgehead atoms. The van der Waals surface area contributed by atoms with Gasteiger partial charge in [0, 0.05) is 34.7 Å². The van der Waals surface area contributed by atoms with E-state index in [0.29, 0.717) is 0 Å². The lowest BCUT2D eigenvalue weighted by Gasteiger charge is -2.25. The summed E-state index contributed by atoms with van der Waals surface area (Å²) < 4.78 is 0. The summed E-state index contributed by atoms with van der Waals surface area (Å²) in [6, 6.07) is 1.88. The third-order valence-corrected chi connectivity index (χ3v) is 4.38. The zero-order valence-electron chi connectivity index (χ0n) is 13.4. The van der Waals surface area contributed by atoms with Crippen LogP contribution in [0.1, 0.15) is 53.7 Å². The number of aliphatic hydroxyl groups excluding tert-OH is 1. The summed E-state index contributed by atoms with van der Waals surface area (Å²) in [6.45, 7) is 9.84. The standard InChI is InChI=1S/C16H25NO3S/c1-10-8-12(11(2)21-10)13(18)6-7-15(20)17-9-14(19)16(3,4)5/h8,14,19H,6-7,9H2,1-5H3,(H,17,20). The smallest absolute Gasteiger partial charge is 0.220 e. The molecule has 0 aliphatic heterocycles. The molecule has 0 aromatic carbocycles. The van der Waals surface area contributed by atoms with Crippen LogP contribution >= 0.6 is 11.3 Å². The predicted octanol–water partition coefficient (Wildman–Crippen LogP) is 2.85. The van der Waals surface area contributed by atoms with Crippen molar-refractivity contribution in [2.75, 3.05) is 6.54 Å². The van der Waals surface area contributed by atoms with Crippen LogP contribution in [0.4, 0.5) is 0 Å². The van der Waals surface area contributed by atoms with E-state index in [2.05, 4.69) is 5.32 Å². The highest BCUT2D eigenvalue weighted by molar-refractivity contribution is 7.12. The number of carbonyl (C=O) groups is 2. The van der Waals surface area contributed by atoms with E-state index in [0.717, 1.165) is 15.3 Å². The van der Waals surface area contributed by atoms with E-state index in [9.17, 15) is 14.7 Å². The zero-order chi connectivity index (χ0) is 16.2. The average molecular weight is 311 g/mol. The fraction of sp³-hybridized carbons (Fsp3) is 0.625. The second kappa shape index (κ2) is 7.18. The summed E-state index contributed by atoms with van der Waals surface area (Å²) >= 11 is 1.59. The van der Waals surface area contributed by atoms with Crippen molar-refractivity contribution in [2.24, 2.45) is 5.41 Å². The molecule has 1 atom stereocenters. The van der Waals surface area contributed by atoms with Gasteiger partial charge in [-0.25, -0.2) is 0 Å². The Balaban J connectivity index is 2.40. The number of ketones is 1. The molecule has 0 aliphatic rings. The molecule has 0 spiro atoms. The van der Waals surface area contributed by atoms with Gasteiger partial charge in [-0.15, -0.1) is 11.3 Å². The van der Waals surface area contributed by atoms with E-state index in [1.165, 1.54) is 0 Å². The normalized spacial score (nSPS) is 13.0. The minimum Gasteiger partial charge on any atom is -0.391 e. The Kier molecular flexibility index (Phi) is 6.10. The average Bonchev–Trinajstić information content (AvgIpc) is 2.71. The lowest BCUT2D eigenvalue weighted by Crippen LogP contribution is -2.39. The maximum absolute atomic E-state index is 12.1. The van der Waals surface area contributed by atoms with Gasteiger partial charge in [-0.2, -0.15) is 0 Å². The first kappa shape index (κ1) is 17.9. The number of thiophene rings is 1. The van der Waals surface area contributed by atoms with Crippen molar-refractivity contribution in [2.45, 2.75) is 53.6 Å². The maximum atomic E-state index is 12.1. The third kappa shape index (κ3) is 5.59. The molecule has 1 rings (SSSR count). The Bertz CT molecular complexity index is 514. The molecule has 5 heteroatoms. The summed E-state index contributed by atoms with van der Waals surface area (Å²) in [5.74, 6) is -0.195. The van der Waals surface area contributed by atoms with Crippen LogP contribution in [0.25, 0.3) is 0 Å². The minimum atomic E-state index is -0.598. The molecule has 2 N–H and O–H groups in total. The van der Waals surface area contributed by atoms with Crippen molar-refractivity contribution in [3.63, 3.8) is 0 Å². The first-order valence-electron chi connectivity index (χ1n) is 7.16. The van der Waals surface area contributed by atoms with Crippen molar-refractivity contribution in [1.82, 2.24) is 5.32 Å². The molecule has 1 unspecified atom stereocenters. The van der Waals surface area contributed by atoms with Crippen LogP contribution in [0.3, 0.4) is 0 Å². The molecule has 1 aromatic rings. The molecule has 1 heterocycles. The van der Waals surface area contributed by atoms with Crippen LogP contribution in [0.5, 0.6) is 0 Å². The summed E-state index contributed by atoms with van der Waals surface area (Å²) in [6.07, 6.45) is -0.239. The number of aryl methyl sites for hydroxylation is 2. The summed E-state index contributed by atoms with van der Waals surface area (Å²) in [5.41, 5.74) is 0.453. The van der Waals surface area contributed by atoms with Gasteiger partial charge in [0.05, 0.1) is 6.10 Å². The Hall–Kier alpha value is -1.20.